The van der Waals surface area contributed by atoms with Crippen LogP contribution >= 0.6 is 0 Å². The van der Waals surface area contributed by atoms with E-state index in [0.717, 1.165) is 17.7 Å². The SMILES string of the molecule is COc1cccc(NC(=O)C=CC(=O)N2CCCC23Cc2ccccc2NC3=O)c1. The van der Waals surface area contributed by atoms with Crippen molar-refractivity contribution in [1.29, 1.82) is 0 Å². The number of para-hydroxylation sites is 1. The van der Waals surface area contributed by atoms with Crippen molar-refractivity contribution in [2.75, 3.05) is 24.3 Å². The van der Waals surface area contributed by atoms with Crippen molar-refractivity contribution in [1.82, 2.24) is 4.90 Å². The van der Waals surface area contributed by atoms with E-state index < -0.39 is 11.4 Å². The molecule has 7 heteroatoms. The second-order valence-electron chi connectivity index (χ2n) is 7.47. The summed E-state index contributed by atoms with van der Waals surface area (Å²) in [5, 5.41) is 5.64. The molecule has 1 unspecified atom stereocenters. The molecule has 2 heterocycles. The molecule has 0 aliphatic carbocycles. The van der Waals surface area contributed by atoms with E-state index in [1.54, 1.807) is 36.3 Å². The number of rotatable bonds is 4. The normalized spacial score (nSPS) is 20.2. The van der Waals surface area contributed by atoms with Gasteiger partial charge in [-0.25, -0.2) is 0 Å². The van der Waals surface area contributed by atoms with Crippen molar-refractivity contribution in [2.45, 2.75) is 24.8 Å². The lowest BCUT2D eigenvalue weighted by atomic mass is 9.83. The topological polar surface area (TPSA) is 87.7 Å². The number of carbonyl (C=O) groups excluding carboxylic acids is 3. The Bertz CT molecular complexity index is 1030. The number of nitrogens with one attached hydrogen (secondary N) is 2. The molecule has 7 nitrogen and oxygen atoms in total. The predicted molar refractivity (Wildman–Crippen MR) is 113 cm³/mol. The minimum absolute atomic E-state index is 0.165. The van der Waals surface area contributed by atoms with Gasteiger partial charge in [0.15, 0.2) is 0 Å². The second kappa shape index (κ2) is 8.02. The van der Waals surface area contributed by atoms with Gasteiger partial charge in [0.2, 0.25) is 11.8 Å². The van der Waals surface area contributed by atoms with Gasteiger partial charge >= 0.3 is 0 Å². The minimum atomic E-state index is -0.904. The molecule has 1 saturated heterocycles. The Morgan fingerprint density at radius 1 is 1.17 bits per heavy atom. The Kier molecular flexibility index (Phi) is 5.27. The number of anilines is 2. The largest absolute Gasteiger partial charge is 0.497 e. The quantitative estimate of drug-likeness (QED) is 0.766. The third kappa shape index (κ3) is 3.66. The summed E-state index contributed by atoms with van der Waals surface area (Å²) in [6, 6.07) is 14.6. The maximum absolute atomic E-state index is 12.9. The smallest absolute Gasteiger partial charge is 0.250 e. The average Bonchev–Trinajstić information content (AvgIpc) is 3.17. The van der Waals surface area contributed by atoms with E-state index in [1.807, 2.05) is 24.3 Å². The number of nitrogens with zero attached hydrogens (tertiary/aromatic N) is 1. The van der Waals surface area contributed by atoms with Gasteiger partial charge in [-0.15, -0.1) is 0 Å². The maximum Gasteiger partial charge on any atom is 0.250 e. The van der Waals surface area contributed by atoms with Gasteiger partial charge in [-0.2, -0.15) is 0 Å². The molecule has 3 amide bonds. The Labute approximate surface area is 174 Å². The van der Waals surface area contributed by atoms with E-state index in [1.165, 1.54) is 12.2 Å². The number of methoxy groups -OCH3 is 1. The zero-order valence-corrected chi connectivity index (χ0v) is 16.7. The van der Waals surface area contributed by atoms with Gasteiger partial charge in [0.1, 0.15) is 11.3 Å². The highest BCUT2D eigenvalue weighted by atomic mass is 16.5. The third-order valence-corrected chi connectivity index (χ3v) is 5.64. The first kappa shape index (κ1) is 19.7. The summed E-state index contributed by atoms with van der Waals surface area (Å²) >= 11 is 0. The third-order valence-electron chi connectivity index (χ3n) is 5.64. The summed E-state index contributed by atoms with van der Waals surface area (Å²) in [7, 11) is 1.55. The van der Waals surface area contributed by atoms with Crippen LogP contribution in [0.3, 0.4) is 0 Å². The van der Waals surface area contributed by atoms with Gasteiger partial charge in [0, 0.05) is 42.6 Å². The van der Waals surface area contributed by atoms with E-state index in [2.05, 4.69) is 10.6 Å². The maximum atomic E-state index is 12.9. The Hall–Kier alpha value is -3.61. The molecule has 1 spiro atoms. The molecule has 2 aromatic carbocycles. The van der Waals surface area contributed by atoms with Crippen LogP contribution in [0.1, 0.15) is 18.4 Å². The van der Waals surface area contributed by atoms with E-state index in [-0.39, 0.29) is 11.8 Å². The number of hydrogen-bond acceptors (Lipinski definition) is 4. The number of likely N-dealkylation sites (tertiary alicyclic amines) is 1. The summed E-state index contributed by atoms with van der Waals surface area (Å²) < 4.78 is 5.13. The summed E-state index contributed by atoms with van der Waals surface area (Å²) in [6.45, 7) is 0.482. The van der Waals surface area contributed by atoms with Crippen LogP contribution in [-0.2, 0) is 20.8 Å². The van der Waals surface area contributed by atoms with Gasteiger partial charge in [-0.1, -0.05) is 24.3 Å². The molecule has 30 heavy (non-hydrogen) atoms. The monoisotopic (exact) mass is 405 g/mol. The van der Waals surface area contributed by atoms with Crippen molar-refractivity contribution in [3.8, 4) is 5.75 Å². The number of hydrogen-bond donors (Lipinski definition) is 2. The van der Waals surface area contributed by atoms with Crippen LogP contribution in [0.25, 0.3) is 0 Å². The lowest BCUT2D eigenvalue weighted by Gasteiger charge is -2.40. The van der Waals surface area contributed by atoms with E-state index in [9.17, 15) is 14.4 Å². The average molecular weight is 405 g/mol. The highest BCUT2D eigenvalue weighted by molar-refractivity contribution is 6.07. The Balaban J connectivity index is 1.47. The standard InChI is InChI=1S/C23H23N3O4/c1-30-18-8-4-7-17(14-18)24-20(27)10-11-21(28)26-13-5-12-23(26)15-16-6-2-3-9-19(16)25-22(23)29/h2-4,6-11,14H,5,12-13,15H2,1H3,(H,24,27)(H,25,29). The zero-order valence-electron chi connectivity index (χ0n) is 16.7. The molecule has 4 rings (SSSR count). The van der Waals surface area contributed by atoms with E-state index in [0.29, 0.717) is 30.8 Å². The Morgan fingerprint density at radius 2 is 2.00 bits per heavy atom. The lowest BCUT2D eigenvalue weighted by Crippen LogP contribution is -2.58. The van der Waals surface area contributed by atoms with Gasteiger partial charge in [0.25, 0.3) is 5.91 Å². The molecule has 2 N–H and O–H groups in total. The van der Waals surface area contributed by atoms with Crippen LogP contribution < -0.4 is 15.4 Å². The van der Waals surface area contributed by atoms with E-state index in [4.69, 9.17) is 4.74 Å². The highest BCUT2D eigenvalue weighted by Gasteiger charge is 2.51. The summed E-state index contributed by atoms with van der Waals surface area (Å²) in [6.07, 6.45) is 4.25. The lowest BCUT2D eigenvalue weighted by molar-refractivity contribution is -0.139. The molecule has 0 aromatic heterocycles. The Morgan fingerprint density at radius 3 is 2.83 bits per heavy atom. The predicted octanol–water partition coefficient (Wildman–Crippen LogP) is 2.75. The van der Waals surface area contributed by atoms with Crippen molar-refractivity contribution in [3.05, 3.63) is 66.2 Å². The van der Waals surface area contributed by atoms with Gasteiger partial charge in [-0.3, -0.25) is 14.4 Å². The fourth-order valence-corrected chi connectivity index (χ4v) is 4.17. The molecule has 0 saturated carbocycles. The van der Waals surface area contributed by atoms with Crippen LogP contribution in [0.4, 0.5) is 11.4 Å². The van der Waals surface area contributed by atoms with Crippen molar-refractivity contribution in [2.24, 2.45) is 0 Å². The first-order valence-electron chi connectivity index (χ1n) is 9.86. The number of benzene rings is 2. The van der Waals surface area contributed by atoms with Crippen molar-refractivity contribution < 1.29 is 19.1 Å². The van der Waals surface area contributed by atoms with Gasteiger partial charge in [0.05, 0.1) is 7.11 Å². The van der Waals surface area contributed by atoms with Crippen molar-refractivity contribution in [3.63, 3.8) is 0 Å². The van der Waals surface area contributed by atoms with Crippen molar-refractivity contribution >= 4 is 29.1 Å². The highest BCUT2D eigenvalue weighted by Crippen LogP contribution is 2.39. The first-order chi connectivity index (χ1) is 14.5. The molecule has 1 fully saturated rings. The van der Waals surface area contributed by atoms with Crippen LogP contribution in [0.2, 0.25) is 0 Å². The first-order valence-corrected chi connectivity index (χ1v) is 9.86. The fraction of sp³-hybridized carbons (Fsp3) is 0.261. The molecular formula is C23H23N3O4. The zero-order chi connectivity index (χ0) is 21.1. The summed E-state index contributed by atoms with van der Waals surface area (Å²) in [4.78, 5) is 39.6. The summed E-state index contributed by atoms with van der Waals surface area (Å²) in [5.74, 6) is -0.317. The number of amides is 3. The number of fused-ring (bicyclic) bond motifs is 1. The van der Waals surface area contributed by atoms with Crippen LogP contribution in [0.5, 0.6) is 5.75 Å². The molecular weight excluding hydrogens is 382 g/mol. The molecule has 0 radical (unpaired) electrons. The van der Waals surface area contributed by atoms with Gasteiger partial charge in [-0.05, 0) is 36.6 Å². The van der Waals surface area contributed by atoms with Crippen LogP contribution in [0.15, 0.2) is 60.7 Å². The van der Waals surface area contributed by atoms with Crippen LogP contribution in [0, 0.1) is 0 Å². The molecule has 0 bridgehead atoms. The van der Waals surface area contributed by atoms with Gasteiger partial charge < -0.3 is 20.3 Å². The number of carbonyl (C=O) groups is 3. The molecule has 1 atom stereocenters. The molecule has 2 aromatic rings. The molecule has 2 aliphatic rings. The molecule has 154 valence electrons. The fourth-order valence-electron chi connectivity index (χ4n) is 4.17. The minimum Gasteiger partial charge on any atom is -0.497 e. The van der Waals surface area contributed by atoms with Crippen LogP contribution in [-0.4, -0.2) is 41.8 Å². The van der Waals surface area contributed by atoms with E-state index >= 15 is 0 Å². The second-order valence-corrected chi connectivity index (χ2v) is 7.47. The number of ether oxygens (including phenoxy) is 1. The molecule has 2 aliphatic heterocycles. The summed E-state index contributed by atoms with van der Waals surface area (Å²) in [5.41, 5.74) is 1.47.